The molecule has 1 amide bonds. The number of amides is 1. The number of rotatable bonds is 5. The fourth-order valence-corrected chi connectivity index (χ4v) is 3.53. The summed E-state index contributed by atoms with van der Waals surface area (Å²) in [6.07, 6.45) is 0.832. The van der Waals surface area contributed by atoms with E-state index in [-0.39, 0.29) is 5.91 Å². The van der Waals surface area contributed by atoms with E-state index in [9.17, 15) is 4.79 Å². The van der Waals surface area contributed by atoms with E-state index in [1.54, 1.807) is 0 Å². The van der Waals surface area contributed by atoms with Crippen LogP contribution >= 0.6 is 22.9 Å². The van der Waals surface area contributed by atoms with Gasteiger partial charge in [-0.3, -0.25) is 15.0 Å². The molecule has 1 saturated heterocycles. The minimum absolute atomic E-state index is 0.0370. The van der Waals surface area contributed by atoms with Crippen LogP contribution < -0.4 is 10.2 Å². The normalized spacial score (nSPS) is 15.5. The molecule has 8 heteroatoms. The molecule has 3 rings (SSSR count). The van der Waals surface area contributed by atoms with E-state index in [0.29, 0.717) is 11.7 Å². The zero-order chi connectivity index (χ0) is 16.9. The monoisotopic (exact) mass is 365 g/mol. The first kappa shape index (κ1) is 17.1. The second-order valence-electron chi connectivity index (χ2n) is 5.65. The third kappa shape index (κ3) is 4.43. The maximum Gasteiger partial charge on any atom is 0.240 e. The third-order valence-corrected chi connectivity index (χ3v) is 5.15. The Hall–Kier alpha value is -1.70. The number of hydrogen-bond acceptors (Lipinski definition) is 6. The molecule has 0 spiro atoms. The van der Waals surface area contributed by atoms with Gasteiger partial charge in [-0.25, -0.2) is 0 Å². The van der Waals surface area contributed by atoms with Crippen molar-refractivity contribution in [3.05, 3.63) is 34.3 Å². The topological polar surface area (TPSA) is 61.4 Å². The van der Waals surface area contributed by atoms with Crippen molar-refractivity contribution in [3.8, 4) is 0 Å². The fraction of sp³-hybridized carbons (Fsp3) is 0.438. The smallest absolute Gasteiger partial charge is 0.240 e. The van der Waals surface area contributed by atoms with Gasteiger partial charge >= 0.3 is 0 Å². The quantitative estimate of drug-likeness (QED) is 0.882. The average molecular weight is 366 g/mol. The van der Waals surface area contributed by atoms with Crippen molar-refractivity contribution in [3.63, 3.8) is 0 Å². The SMILES string of the molecule is CCc1nnc(NC(=O)CN2CCN(c3cccc(Cl)c3)CC2)s1. The summed E-state index contributed by atoms with van der Waals surface area (Å²) >= 11 is 7.48. The molecule has 0 atom stereocenters. The van der Waals surface area contributed by atoms with Crippen molar-refractivity contribution in [2.45, 2.75) is 13.3 Å². The summed E-state index contributed by atoms with van der Waals surface area (Å²) < 4.78 is 0. The predicted octanol–water partition coefficient (Wildman–Crippen LogP) is 2.51. The number of anilines is 2. The molecule has 24 heavy (non-hydrogen) atoms. The molecule has 1 N–H and O–H groups in total. The van der Waals surface area contributed by atoms with Crippen LogP contribution in [0.4, 0.5) is 10.8 Å². The Morgan fingerprint density at radius 1 is 1.29 bits per heavy atom. The lowest BCUT2D eigenvalue weighted by Gasteiger charge is -2.35. The van der Waals surface area contributed by atoms with Crippen LogP contribution in [-0.4, -0.2) is 53.7 Å². The molecule has 6 nitrogen and oxygen atoms in total. The minimum atomic E-state index is -0.0370. The van der Waals surface area contributed by atoms with Crippen LogP contribution in [0.15, 0.2) is 24.3 Å². The Bertz CT molecular complexity index is 699. The Labute approximate surface area is 150 Å². The molecule has 2 heterocycles. The van der Waals surface area contributed by atoms with E-state index >= 15 is 0 Å². The van der Waals surface area contributed by atoms with Crippen LogP contribution in [0.25, 0.3) is 0 Å². The molecule has 0 radical (unpaired) electrons. The number of aromatic nitrogens is 2. The van der Waals surface area contributed by atoms with Crippen molar-refractivity contribution in [2.24, 2.45) is 0 Å². The van der Waals surface area contributed by atoms with E-state index in [0.717, 1.165) is 48.3 Å². The number of halogens is 1. The highest BCUT2D eigenvalue weighted by molar-refractivity contribution is 7.15. The molecule has 128 valence electrons. The molecule has 0 saturated carbocycles. The van der Waals surface area contributed by atoms with Gasteiger partial charge < -0.3 is 4.90 Å². The molecule has 1 aliphatic rings. The van der Waals surface area contributed by atoms with Gasteiger partial charge in [-0.05, 0) is 24.6 Å². The zero-order valence-electron chi connectivity index (χ0n) is 13.5. The van der Waals surface area contributed by atoms with Crippen LogP contribution in [0.3, 0.4) is 0 Å². The lowest BCUT2D eigenvalue weighted by atomic mass is 10.2. The second kappa shape index (κ2) is 7.92. The van der Waals surface area contributed by atoms with E-state index in [1.807, 2.05) is 25.1 Å². The first-order valence-electron chi connectivity index (χ1n) is 7.99. The van der Waals surface area contributed by atoms with Crippen molar-refractivity contribution in [1.29, 1.82) is 0 Å². The van der Waals surface area contributed by atoms with Gasteiger partial charge in [0.1, 0.15) is 5.01 Å². The molecular formula is C16H20ClN5OS. The number of nitrogens with one attached hydrogen (secondary N) is 1. The first-order valence-corrected chi connectivity index (χ1v) is 9.18. The van der Waals surface area contributed by atoms with E-state index in [1.165, 1.54) is 11.3 Å². The summed E-state index contributed by atoms with van der Waals surface area (Å²) in [7, 11) is 0. The van der Waals surface area contributed by atoms with Crippen molar-refractivity contribution >= 4 is 39.7 Å². The van der Waals surface area contributed by atoms with Gasteiger partial charge in [-0.15, -0.1) is 10.2 Å². The third-order valence-electron chi connectivity index (χ3n) is 3.93. The number of nitrogens with zero attached hydrogens (tertiary/aromatic N) is 4. The van der Waals surface area contributed by atoms with Crippen LogP contribution in [0, 0.1) is 0 Å². The maximum atomic E-state index is 12.1. The number of aryl methyl sites for hydroxylation is 1. The lowest BCUT2D eigenvalue weighted by Crippen LogP contribution is -2.48. The highest BCUT2D eigenvalue weighted by atomic mass is 35.5. The molecule has 1 aromatic carbocycles. The summed E-state index contributed by atoms with van der Waals surface area (Å²) in [6.45, 7) is 5.85. The number of benzene rings is 1. The average Bonchev–Trinajstić information content (AvgIpc) is 3.03. The Kier molecular flexibility index (Phi) is 5.65. The van der Waals surface area contributed by atoms with Gasteiger partial charge in [0, 0.05) is 36.9 Å². The standard InChI is InChI=1S/C16H20ClN5OS/c1-2-15-19-20-16(24-15)18-14(23)11-21-6-8-22(9-7-21)13-5-3-4-12(17)10-13/h3-5,10H,2,6-9,11H2,1H3,(H,18,20,23). The molecule has 0 unspecified atom stereocenters. The van der Waals surface area contributed by atoms with Crippen molar-refractivity contribution in [2.75, 3.05) is 42.9 Å². The minimum Gasteiger partial charge on any atom is -0.369 e. The highest BCUT2D eigenvalue weighted by Crippen LogP contribution is 2.21. The summed E-state index contributed by atoms with van der Waals surface area (Å²) in [4.78, 5) is 16.6. The van der Waals surface area contributed by atoms with Crippen molar-refractivity contribution in [1.82, 2.24) is 15.1 Å². The van der Waals surface area contributed by atoms with Gasteiger partial charge in [0.25, 0.3) is 0 Å². The summed E-state index contributed by atoms with van der Waals surface area (Å²) in [5, 5.41) is 13.1. The molecule has 0 bridgehead atoms. The zero-order valence-corrected chi connectivity index (χ0v) is 15.1. The van der Waals surface area contributed by atoms with Crippen LogP contribution in [0.1, 0.15) is 11.9 Å². The Morgan fingerprint density at radius 2 is 2.08 bits per heavy atom. The molecule has 0 aliphatic carbocycles. The fourth-order valence-electron chi connectivity index (χ4n) is 2.65. The van der Waals surface area contributed by atoms with E-state index < -0.39 is 0 Å². The number of carbonyl (C=O) groups excluding carboxylic acids is 1. The van der Waals surface area contributed by atoms with E-state index in [2.05, 4.69) is 31.4 Å². The van der Waals surface area contributed by atoms with Gasteiger partial charge in [-0.2, -0.15) is 0 Å². The lowest BCUT2D eigenvalue weighted by molar-refractivity contribution is -0.117. The maximum absolute atomic E-state index is 12.1. The molecule has 2 aromatic rings. The predicted molar refractivity (Wildman–Crippen MR) is 98.0 cm³/mol. The van der Waals surface area contributed by atoms with Crippen LogP contribution in [0.5, 0.6) is 0 Å². The largest absolute Gasteiger partial charge is 0.369 e. The summed E-state index contributed by atoms with van der Waals surface area (Å²) in [5.74, 6) is -0.0370. The second-order valence-corrected chi connectivity index (χ2v) is 7.14. The van der Waals surface area contributed by atoms with Gasteiger partial charge in [0.15, 0.2) is 0 Å². The molecule has 1 aliphatic heterocycles. The number of carbonyl (C=O) groups is 1. The number of piperazine rings is 1. The van der Waals surface area contributed by atoms with E-state index in [4.69, 9.17) is 11.6 Å². The summed E-state index contributed by atoms with van der Waals surface area (Å²) in [6, 6.07) is 7.88. The number of hydrogen-bond donors (Lipinski definition) is 1. The van der Waals surface area contributed by atoms with Crippen molar-refractivity contribution < 1.29 is 4.79 Å². The van der Waals surface area contributed by atoms with Gasteiger partial charge in [-0.1, -0.05) is 35.9 Å². The van der Waals surface area contributed by atoms with Crippen LogP contribution in [0.2, 0.25) is 5.02 Å². The van der Waals surface area contributed by atoms with Gasteiger partial charge in [0.2, 0.25) is 11.0 Å². The summed E-state index contributed by atoms with van der Waals surface area (Å²) in [5.41, 5.74) is 1.13. The molecular weight excluding hydrogens is 346 g/mol. The first-order chi connectivity index (χ1) is 11.6. The molecule has 1 aromatic heterocycles. The highest BCUT2D eigenvalue weighted by Gasteiger charge is 2.20. The van der Waals surface area contributed by atoms with Crippen LogP contribution in [-0.2, 0) is 11.2 Å². The molecule has 1 fully saturated rings. The van der Waals surface area contributed by atoms with Gasteiger partial charge in [0.05, 0.1) is 6.54 Å². The Morgan fingerprint density at radius 3 is 2.75 bits per heavy atom. The Balaban J connectivity index is 1.47.